The molecule has 0 aliphatic heterocycles. The third-order valence-corrected chi connectivity index (χ3v) is 5.84. The van der Waals surface area contributed by atoms with Crippen molar-refractivity contribution in [2.45, 2.75) is 45.6 Å². The molecule has 3 aromatic heterocycles. The van der Waals surface area contributed by atoms with Gasteiger partial charge in [-0.25, -0.2) is 4.99 Å². The Morgan fingerprint density at radius 3 is 2.50 bits per heavy atom. The molecule has 11 heteroatoms. The minimum Gasteiger partial charge on any atom is -0.404 e. The number of nitrogens with two attached hydrogens (primary N) is 2. The van der Waals surface area contributed by atoms with Crippen LogP contribution in [0, 0.1) is 5.92 Å². The number of hydrogen-bond donors (Lipinski definition) is 4. The lowest BCUT2D eigenvalue weighted by Crippen LogP contribution is -2.31. The first kappa shape index (κ1) is 26.5. The topological polar surface area (TPSA) is 174 Å². The van der Waals surface area contributed by atoms with Crippen molar-refractivity contribution in [3.63, 3.8) is 0 Å². The quantitative estimate of drug-likeness (QED) is 0.309. The molecule has 0 aromatic carbocycles. The molecule has 3 rings (SSSR count). The van der Waals surface area contributed by atoms with Crippen molar-refractivity contribution < 1.29 is 9.63 Å². The number of nitrogens with one attached hydrogen (secondary N) is 1. The van der Waals surface area contributed by atoms with Crippen LogP contribution in [-0.2, 0) is 5.41 Å². The number of anilines is 1. The molecule has 3 heterocycles. The lowest BCUT2D eigenvalue weighted by atomic mass is 9.73. The molecule has 0 spiro atoms. The van der Waals surface area contributed by atoms with Crippen LogP contribution in [0.3, 0.4) is 0 Å². The molecule has 3 aromatic rings. The average molecular weight is 492 g/mol. The summed E-state index contributed by atoms with van der Waals surface area (Å²) in [5, 5.41) is 25.5. The first-order chi connectivity index (χ1) is 16.9. The summed E-state index contributed by atoms with van der Waals surface area (Å²) >= 11 is 0. The van der Waals surface area contributed by atoms with Crippen LogP contribution in [-0.4, -0.2) is 48.8 Å². The standard InChI is InChI=1S/C25H33N9O2/c1-15(2)25(6,18-7-8-19(29-13-18)17(11-26)12-28-16(3)27)23-31-22(36-34-23)20-9-10-21(33-32-20)30-14-24(4,5)35/h7-13,15,35H,3,14,26-27H2,1-2,4-6H3,(H,30,33)/b17-11+,28-12-. The number of aliphatic imine (C=N–C) groups is 1. The van der Waals surface area contributed by atoms with Gasteiger partial charge in [0.1, 0.15) is 11.6 Å². The number of rotatable bonds is 10. The summed E-state index contributed by atoms with van der Waals surface area (Å²) in [5.41, 5.74) is 12.4. The fraction of sp³-hybridized carbons (Fsp3) is 0.360. The maximum Gasteiger partial charge on any atom is 0.278 e. The SMILES string of the molecule is C=C(N)/N=C\C(=C/N)c1ccc(C(C)(c2noc(-c3ccc(NCC(C)(C)O)nn3)n2)C(C)C)cn1. The van der Waals surface area contributed by atoms with Crippen LogP contribution in [0.15, 0.2) is 58.6 Å². The average Bonchev–Trinajstić information content (AvgIpc) is 3.33. The summed E-state index contributed by atoms with van der Waals surface area (Å²) in [6, 6.07) is 7.29. The van der Waals surface area contributed by atoms with Gasteiger partial charge in [0, 0.05) is 30.7 Å². The molecule has 0 saturated carbocycles. The van der Waals surface area contributed by atoms with Crippen molar-refractivity contribution in [1.29, 1.82) is 0 Å². The van der Waals surface area contributed by atoms with Crippen LogP contribution >= 0.6 is 0 Å². The summed E-state index contributed by atoms with van der Waals surface area (Å²) in [5.74, 6) is 1.58. The van der Waals surface area contributed by atoms with Gasteiger partial charge in [0.25, 0.3) is 5.89 Å². The zero-order chi connectivity index (χ0) is 26.5. The van der Waals surface area contributed by atoms with E-state index < -0.39 is 11.0 Å². The van der Waals surface area contributed by atoms with E-state index in [1.807, 2.05) is 19.1 Å². The Morgan fingerprint density at radius 2 is 1.97 bits per heavy atom. The Balaban J connectivity index is 1.86. The summed E-state index contributed by atoms with van der Waals surface area (Å²) in [4.78, 5) is 13.2. The fourth-order valence-corrected chi connectivity index (χ4v) is 3.33. The van der Waals surface area contributed by atoms with Gasteiger partial charge >= 0.3 is 0 Å². The third-order valence-electron chi connectivity index (χ3n) is 5.84. The Morgan fingerprint density at radius 1 is 1.22 bits per heavy atom. The van der Waals surface area contributed by atoms with Gasteiger partial charge < -0.3 is 26.4 Å². The van der Waals surface area contributed by atoms with E-state index in [2.05, 4.69) is 56.1 Å². The van der Waals surface area contributed by atoms with Gasteiger partial charge in [-0.2, -0.15) is 4.98 Å². The molecule has 1 unspecified atom stereocenters. The lowest BCUT2D eigenvalue weighted by molar-refractivity contribution is 0.0944. The van der Waals surface area contributed by atoms with Crippen molar-refractivity contribution in [2.75, 3.05) is 11.9 Å². The first-order valence-corrected chi connectivity index (χ1v) is 11.5. The van der Waals surface area contributed by atoms with Gasteiger partial charge in [0.15, 0.2) is 11.5 Å². The van der Waals surface area contributed by atoms with Gasteiger partial charge in [0.05, 0.1) is 16.7 Å². The second-order valence-corrected chi connectivity index (χ2v) is 9.55. The van der Waals surface area contributed by atoms with Crippen LogP contribution in [0.25, 0.3) is 17.2 Å². The molecule has 0 bridgehead atoms. The van der Waals surface area contributed by atoms with Crippen molar-refractivity contribution in [2.24, 2.45) is 22.4 Å². The highest BCUT2D eigenvalue weighted by molar-refractivity contribution is 6.09. The number of aliphatic hydroxyl groups is 1. The van der Waals surface area contributed by atoms with Crippen LogP contribution in [0.1, 0.15) is 51.7 Å². The zero-order valence-corrected chi connectivity index (χ0v) is 21.2. The molecule has 11 nitrogen and oxygen atoms in total. The number of hydrogen-bond acceptors (Lipinski definition) is 11. The Bertz CT molecular complexity index is 1240. The predicted octanol–water partition coefficient (Wildman–Crippen LogP) is 2.87. The molecule has 0 aliphatic rings. The van der Waals surface area contributed by atoms with Crippen molar-refractivity contribution in [3.8, 4) is 11.6 Å². The summed E-state index contributed by atoms with van der Waals surface area (Å²) < 4.78 is 5.55. The molecular formula is C25H33N9O2. The summed E-state index contributed by atoms with van der Waals surface area (Å²) in [6.07, 6.45) is 4.70. The van der Waals surface area contributed by atoms with Crippen LogP contribution in [0.2, 0.25) is 0 Å². The van der Waals surface area contributed by atoms with Gasteiger partial charge in [0.2, 0.25) is 0 Å². The molecule has 0 amide bonds. The summed E-state index contributed by atoms with van der Waals surface area (Å²) in [6.45, 7) is 13.5. The molecule has 1 atom stereocenters. The number of pyridine rings is 1. The normalized spacial score (nSPS) is 14.2. The third kappa shape index (κ3) is 6.11. The Kier molecular flexibility index (Phi) is 7.83. The van der Waals surface area contributed by atoms with Gasteiger partial charge in [-0.1, -0.05) is 31.6 Å². The molecule has 190 valence electrons. The molecule has 6 N–H and O–H groups in total. The van der Waals surface area contributed by atoms with Crippen LogP contribution in [0.5, 0.6) is 0 Å². The van der Waals surface area contributed by atoms with E-state index >= 15 is 0 Å². The Labute approximate surface area is 210 Å². The number of aromatic nitrogens is 5. The second-order valence-electron chi connectivity index (χ2n) is 9.55. The lowest BCUT2D eigenvalue weighted by Gasteiger charge is -2.30. The molecule has 0 saturated heterocycles. The van der Waals surface area contributed by atoms with Crippen LogP contribution < -0.4 is 16.8 Å². The maximum absolute atomic E-state index is 9.86. The monoisotopic (exact) mass is 491 g/mol. The van der Waals surface area contributed by atoms with E-state index in [1.54, 1.807) is 32.2 Å². The zero-order valence-electron chi connectivity index (χ0n) is 21.2. The van der Waals surface area contributed by atoms with Gasteiger partial charge in [-0.05, 0) is 50.5 Å². The van der Waals surface area contributed by atoms with E-state index in [4.69, 9.17) is 16.0 Å². The van der Waals surface area contributed by atoms with E-state index in [-0.39, 0.29) is 17.6 Å². The van der Waals surface area contributed by atoms with Gasteiger partial charge in [-0.3, -0.25) is 4.98 Å². The van der Waals surface area contributed by atoms with E-state index in [0.717, 1.165) is 5.56 Å². The van der Waals surface area contributed by atoms with Crippen molar-refractivity contribution >= 4 is 17.6 Å². The Hall–Kier alpha value is -4.12. The summed E-state index contributed by atoms with van der Waals surface area (Å²) in [7, 11) is 0. The highest BCUT2D eigenvalue weighted by Crippen LogP contribution is 2.38. The van der Waals surface area contributed by atoms with E-state index in [0.29, 0.717) is 35.1 Å². The maximum atomic E-state index is 9.86. The second kappa shape index (κ2) is 10.6. The largest absolute Gasteiger partial charge is 0.404 e. The van der Waals surface area contributed by atoms with E-state index in [1.165, 1.54) is 12.4 Å². The molecule has 36 heavy (non-hydrogen) atoms. The molecular weight excluding hydrogens is 458 g/mol. The highest BCUT2D eigenvalue weighted by Gasteiger charge is 2.38. The number of allylic oxidation sites excluding steroid dienone is 1. The first-order valence-electron chi connectivity index (χ1n) is 11.5. The predicted molar refractivity (Wildman–Crippen MR) is 140 cm³/mol. The smallest absolute Gasteiger partial charge is 0.278 e. The minimum atomic E-state index is -0.870. The van der Waals surface area contributed by atoms with Crippen molar-refractivity contribution in [1.82, 2.24) is 25.3 Å². The number of nitrogens with zero attached hydrogens (tertiary/aromatic N) is 6. The fourth-order valence-electron chi connectivity index (χ4n) is 3.33. The van der Waals surface area contributed by atoms with Gasteiger partial charge in [-0.15, -0.1) is 10.2 Å². The minimum absolute atomic E-state index is 0.113. The highest BCUT2D eigenvalue weighted by atomic mass is 16.5. The molecule has 0 aliphatic carbocycles. The van der Waals surface area contributed by atoms with Crippen molar-refractivity contribution in [3.05, 3.63) is 66.1 Å². The molecule has 0 radical (unpaired) electrons. The van der Waals surface area contributed by atoms with Crippen LogP contribution in [0.4, 0.5) is 5.82 Å². The van der Waals surface area contributed by atoms with E-state index in [9.17, 15) is 5.11 Å². The molecule has 0 fully saturated rings.